The molecule has 51 heavy (non-hydrogen) atoms. The standard InChI is InChI=1S/C34H35F3N8O6/c1-33(2)18-39-27(46)22-5-7-24(8-6-22)42-31-43-30(44-32(45-31)51-20-34(35,36)37)38-17-21-3-11-25(12-4-21)49-15-16-50-26-13-9-23(10-14-26)41-29(48)28(47)40-19-33/h3-14H,15-20H2,1-2H3,(H,39,46)(H,40,47)(H,41,48)(H2,38,42,43,44,45). The molecule has 0 saturated heterocycles. The zero-order valence-corrected chi connectivity index (χ0v) is 27.6. The van der Waals surface area contributed by atoms with Gasteiger partial charge in [-0.15, -0.1) is 0 Å². The number of aromatic nitrogens is 3. The average molecular weight is 709 g/mol. The Labute approximate surface area is 290 Å². The predicted octanol–water partition coefficient (Wildman–Crippen LogP) is 4.45. The van der Waals surface area contributed by atoms with Gasteiger partial charge in [0, 0.05) is 36.6 Å². The van der Waals surface area contributed by atoms with Gasteiger partial charge in [-0.25, -0.2) is 0 Å². The molecule has 3 aromatic carbocycles. The van der Waals surface area contributed by atoms with Crippen LogP contribution in [0.4, 0.5) is 36.4 Å². The van der Waals surface area contributed by atoms with Gasteiger partial charge in [-0.3, -0.25) is 14.4 Å². The Kier molecular flexibility index (Phi) is 11.4. The fraction of sp³-hybridized carbons (Fsp3) is 0.294. The largest absolute Gasteiger partial charge is 0.490 e. The molecular formula is C34H35F3N8O6. The van der Waals surface area contributed by atoms with Gasteiger partial charge in [-0.1, -0.05) is 26.0 Å². The first kappa shape index (κ1) is 36.2. The van der Waals surface area contributed by atoms with E-state index in [9.17, 15) is 27.6 Å². The van der Waals surface area contributed by atoms with Crippen molar-refractivity contribution >= 4 is 41.0 Å². The highest BCUT2D eigenvalue weighted by Crippen LogP contribution is 2.22. The maximum Gasteiger partial charge on any atom is 0.422 e. The molecule has 8 bridgehead atoms. The van der Waals surface area contributed by atoms with Crippen LogP contribution >= 0.6 is 0 Å². The summed E-state index contributed by atoms with van der Waals surface area (Å²) in [5, 5.41) is 13.8. The minimum atomic E-state index is -4.61. The average Bonchev–Trinajstić information content (AvgIpc) is 3.10. The van der Waals surface area contributed by atoms with Crippen LogP contribution in [0.1, 0.15) is 29.8 Å². The first-order chi connectivity index (χ1) is 24.3. The fourth-order valence-corrected chi connectivity index (χ4v) is 4.45. The van der Waals surface area contributed by atoms with Gasteiger partial charge in [-0.05, 0) is 71.6 Å². The van der Waals surface area contributed by atoms with Crippen LogP contribution < -0.4 is 40.8 Å². The van der Waals surface area contributed by atoms with E-state index in [1.54, 1.807) is 60.7 Å². The molecule has 268 valence electrons. The van der Waals surface area contributed by atoms with Crippen molar-refractivity contribution in [1.29, 1.82) is 0 Å². The van der Waals surface area contributed by atoms with Crippen molar-refractivity contribution < 1.29 is 41.8 Å². The topological polar surface area (TPSA) is 178 Å². The summed E-state index contributed by atoms with van der Waals surface area (Å²) in [4.78, 5) is 50.0. The van der Waals surface area contributed by atoms with Gasteiger partial charge in [0.15, 0.2) is 6.61 Å². The van der Waals surface area contributed by atoms with E-state index in [-0.39, 0.29) is 44.7 Å². The first-order valence-electron chi connectivity index (χ1n) is 15.7. The number of nitrogens with zero attached hydrogens (tertiary/aromatic N) is 3. The number of ether oxygens (including phenoxy) is 3. The summed E-state index contributed by atoms with van der Waals surface area (Å²) in [5.74, 6) is -1.11. The molecule has 17 heteroatoms. The van der Waals surface area contributed by atoms with Crippen LogP contribution in [-0.4, -0.2) is 71.8 Å². The third kappa shape index (κ3) is 11.5. The molecule has 0 saturated carbocycles. The fourth-order valence-electron chi connectivity index (χ4n) is 4.45. The van der Waals surface area contributed by atoms with Gasteiger partial charge in [0.1, 0.15) is 24.7 Å². The Morgan fingerprint density at radius 2 is 1.24 bits per heavy atom. The number of amides is 3. The summed E-state index contributed by atoms with van der Waals surface area (Å²) < 4.78 is 54.9. The number of hydrogen-bond acceptors (Lipinski definition) is 11. The molecular weight excluding hydrogens is 673 g/mol. The monoisotopic (exact) mass is 708 g/mol. The van der Waals surface area contributed by atoms with Gasteiger partial charge in [-0.2, -0.15) is 28.1 Å². The second-order valence-corrected chi connectivity index (χ2v) is 12.1. The lowest BCUT2D eigenvalue weighted by Crippen LogP contribution is -2.44. The summed E-state index contributed by atoms with van der Waals surface area (Å²) in [6.07, 6.45) is -4.61. The molecule has 8 rings (SSSR count). The van der Waals surface area contributed by atoms with Crippen molar-refractivity contribution in [3.05, 3.63) is 83.9 Å². The number of halogens is 3. The molecule has 0 radical (unpaired) electrons. The Balaban J connectivity index is 1.33. The molecule has 4 aromatic rings. The molecule has 4 aliphatic rings. The maximum absolute atomic E-state index is 12.9. The van der Waals surface area contributed by atoms with Crippen molar-refractivity contribution in [3.63, 3.8) is 0 Å². The highest BCUT2D eigenvalue weighted by atomic mass is 19.4. The van der Waals surface area contributed by atoms with Gasteiger partial charge < -0.3 is 40.8 Å². The number of fused-ring (bicyclic) bond motifs is 3. The molecule has 5 N–H and O–H groups in total. The maximum atomic E-state index is 12.9. The van der Waals surface area contributed by atoms with Crippen LogP contribution in [0.2, 0.25) is 0 Å². The Morgan fingerprint density at radius 3 is 1.86 bits per heavy atom. The first-order valence-corrected chi connectivity index (χ1v) is 15.7. The van der Waals surface area contributed by atoms with E-state index in [1.807, 2.05) is 13.8 Å². The lowest BCUT2D eigenvalue weighted by molar-refractivity contribution is -0.154. The number of alkyl halides is 3. The van der Waals surface area contributed by atoms with Crippen molar-refractivity contribution in [2.24, 2.45) is 5.41 Å². The van der Waals surface area contributed by atoms with Crippen LogP contribution in [0.3, 0.4) is 0 Å². The Bertz CT molecular complexity index is 1820. The van der Waals surface area contributed by atoms with Gasteiger partial charge >= 0.3 is 24.0 Å². The number of rotatable bonds is 2. The van der Waals surface area contributed by atoms with Crippen LogP contribution in [0.25, 0.3) is 0 Å². The molecule has 0 atom stereocenters. The number of benzene rings is 3. The lowest BCUT2D eigenvalue weighted by atomic mass is 9.93. The molecule has 3 amide bonds. The Hall–Kier alpha value is -6.13. The van der Waals surface area contributed by atoms with Crippen LogP contribution in [0.15, 0.2) is 72.8 Å². The molecule has 1 aromatic heterocycles. The zero-order valence-electron chi connectivity index (χ0n) is 27.6. The minimum absolute atomic E-state index is 0.0412. The molecule has 0 spiro atoms. The number of anilines is 4. The Morgan fingerprint density at radius 1 is 0.686 bits per heavy atom. The quantitative estimate of drug-likeness (QED) is 0.186. The second-order valence-electron chi connectivity index (χ2n) is 12.1. The number of nitrogens with one attached hydrogen (secondary N) is 5. The van der Waals surface area contributed by atoms with Crippen LogP contribution in [-0.2, 0) is 16.1 Å². The summed E-state index contributed by atoms with van der Waals surface area (Å²) in [6.45, 7) is 2.97. The van der Waals surface area contributed by atoms with Gasteiger partial charge in [0.25, 0.3) is 5.91 Å². The van der Waals surface area contributed by atoms with E-state index in [0.29, 0.717) is 28.4 Å². The van der Waals surface area contributed by atoms with E-state index >= 15 is 0 Å². The van der Waals surface area contributed by atoms with Crippen LogP contribution in [0, 0.1) is 5.41 Å². The van der Waals surface area contributed by atoms with E-state index in [0.717, 1.165) is 5.56 Å². The SMILES string of the molecule is CC1(C)CNC(=O)C(=O)Nc2ccc(cc2)OCCOc2ccc(cc2)CNc2nc(nc(OCC(F)(F)F)n2)Nc2ccc(cc2)C(=O)NC1. The van der Waals surface area contributed by atoms with Crippen molar-refractivity contribution in [3.8, 4) is 17.5 Å². The van der Waals surface area contributed by atoms with Crippen molar-refractivity contribution in [2.75, 3.05) is 48.9 Å². The smallest absolute Gasteiger partial charge is 0.422 e. The van der Waals surface area contributed by atoms with E-state index < -0.39 is 41.9 Å². The molecule has 0 fully saturated rings. The summed E-state index contributed by atoms with van der Waals surface area (Å²) in [5.41, 5.74) is 1.33. The molecule has 4 aliphatic heterocycles. The molecule has 0 unspecified atom stereocenters. The third-order valence-electron chi connectivity index (χ3n) is 7.15. The normalized spacial score (nSPS) is 15.8. The molecule has 0 aliphatic carbocycles. The second kappa shape index (κ2) is 16.1. The summed E-state index contributed by atoms with van der Waals surface area (Å²) in [7, 11) is 0. The minimum Gasteiger partial charge on any atom is -0.490 e. The molecule has 14 nitrogen and oxygen atoms in total. The van der Waals surface area contributed by atoms with Gasteiger partial charge in [0.2, 0.25) is 11.9 Å². The van der Waals surface area contributed by atoms with Crippen molar-refractivity contribution in [1.82, 2.24) is 25.6 Å². The predicted molar refractivity (Wildman–Crippen MR) is 180 cm³/mol. The van der Waals surface area contributed by atoms with E-state index in [2.05, 4.69) is 41.5 Å². The number of carbonyl (C=O) groups is 3. The number of carbonyl (C=O) groups excluding carboxylic acids is 3. The highest BCUT2D eigenvalue weighted by molar-refractivity contribution is 6.39. The third-order valence-corrected chi connectivity index (χ3v) is 7.15. The summed E-state index contributed by atoms with van der Waals surface area (Å²) in [6, 6.07) is 19.2. The van der Waals surface area contributed by atoms with E-state index in [4.69, 9.17) is 14.2 Å². The zero-order chi connectivity index (χ0) is 36.4. The highest BCUT2D eigenvalue weighted by Gasteiger charge is 2.29. The van der Waals surface area contributed by atoms with Crippen molar-refractivity contribution in [2.45, 2.75) is 26.6 Å². The lowest BCUT2D eigenvalue weighted by Gasteiger charge is -2.25. The molecule has 5 heterocycles. The van der Waals surface area contributed by atoms with E-state index in [1.165, 1.54) is 12.1 Å². The summed E-state index contributed by atoms with van der Waals surface area (Å²) >= 11 is 0. The van der Waals surface area contributed by atoms with Crippen LogP contribution in [0.5, 0.6) is 17.5 Å². The van der Waals surface area contributed by atoms with Gasteiger partial charge in [0.05, 0.1) is 0 Å². The number of hydrogen-bond donors (Lipinski definition) is 5.